The fraction of sp³-hybridized carbons (Fsp3) is 0.0189. The van der Waals surface area contributed by atoms with Crippen molar-refractivity contribution in [1.82, 2.24) is 9.97 Å². The average Bonchev–Trinajstić information content (AvgIpc) is 3.81. The largest absolute Gasteiger partial charge is 0.228 e. The predicted molar refractivity (Wildman–Crippen MR) is 234 cm³/mol. The Morgan fingerprint density at radius 3 is 1.48 bits per heavy atom. The minimum Gasteiger partial charge on any atom is -0.228 e. The van der Waals surface area contributed by atoms with Gasteiger partial charge in [-0.05, 0) is 68.8 Å². The van der Waals surface area contributed by atoms with E-state index in [0.29, 0.717) is 5.82 Å². The summed E-state index contributed by atoms with van der Waals surface area (Å²) in [7, 11) is 0. The number of hydrogen-bond acceptors (Lipinski definition) is 3. The van der Waals surface area contributed by atoms with E-state index >= 15 is 0 Å². The molecular weight excluding hydrogens is 697 g/mol. The normalized spacial score (nSPS) is 12.8. The Labute approximate surface area is 330 Å². The molecule has 0 saturated heterocycles. The van der Waals surface area contributed by atoms with Crippen LogP contribution in [0, 0.1) is 0 Å². The molecule has 0 N–H and O–H groups in total. The van der Waals surface area contributed by atoms with Crippen LogP contribution < -0.4 is 0 Å². The lowest BCUT2D eigenvalue weighted by molar-refractivity contribution is 0.770. The summed E-state index contributed by atoms with van der Waals surface area (Å²) in [6.07, 6.45) is 0. The van der Waals surface area contributed by atoms with Gasteiger partial charge in [0.15, 0.2) is 5.82 Å². The van der Waals surface area contributed by atoms with Gasteiger partial charge in [-0.15, -0.1) is 11.3 Å². The Morgan fingerprint density at radius 2 is 0.821 bits per heavy atom. The van der Waals surface area contributed by atoms with Crippen LogP contribution in [0.5, 0.6) is 0 Å². The first kappa shape index (κ1) is 32.5. The number of thiophene rings is 1. The summed E-state index contributed by atoms with van der Waals surface area (Å²) < 4.78 is 2.63. The van der Waals surface area contributed by atoms with Gasteiger partial charge in [0.05, 0.1) is 16.8 Å². The van der Waals surface area contributed by atoms with Crippen LogP contribution in [-0.4, -0.2) is 9.97 Å². The number of nitrogens with zero attached hydrogens (tertiary/aromatic N) is 2. The smallest absolute Gasteiger partial charge is 0.160 e. The third kappa shape index (κ3) is 5.16. The fourth-order valence-corrected chi connectivity index (χ4v) is 9.88. The molecule has 0 fully saturated rings. The number of aromatic nitrogens is 2. The predicted octanol–water partition coefficient (Wildman–Crippen LogP) is 13.9. The molecule has 0 radical (unpaired) electrons. The highest BCUT2D eigenvalue weighted by molar-refractivity contribution is 7.25. The highest BCUT2D eigenvalue weighted by Crippen LogP contribution is 2.56. The molecule has 0 spiro atoms. The number of hydrogen-bond donors (Lipinski definition) is 0. The first-order valence-electron chi connectivity index (χ1n) is 19.1. The SMILES string of the molecule is c1ccc(-c2ccc(-c3cc(-c4ccc(C5(c6ccc7sc8ccccc8c7c6)c6ccccc6-c6ccccc65)cc4)nc(-c4ccccc4)n3)cc2)cc1. The molecule has 0 bridgehead atoms. The molecule has 2 nitrogen and oxygen atoms in total. The van der Waals surface area contributed by atoms with Crippen molar-refractivity contribution in [2.24, 2.45) is 0 Å². The minimum absolute atomic E-state index is 0.504. The monoisotopic (exact) mass is 730 g/mol. The molecule has 0 unspecified atom stereocenters. The molecular formula is C53H34N2S. The van der Waals surface area contributed by atoms with Gasteiger partial charge in [-0.2, -0.15) is 0 Å². The molecule has 0 saturated carbocycles. The maximum Gasteiger partial charge on any atom is 0.160 e. The van der Waals surface area contributed by atoms with Crippen molar-refractivity contribution < 1.29 is 0 Å². The van der Waals surface area contributed by atoms with Gasteiger partial charge in [-0.1, -0.05) is 182 Å². The molecule has 0 atom stereocenters. The lowest BCUT2D eigenvalue weighted by atomic mass is 9.67. The lowest BCUT2D eigenvalue weighted by Gasteiger charge is -2.34. The van der Waals surface area contributed by atoms with E-state index in [1.54, 1.807) is 0 Å². The van der Waals surface area contributed by atoms with Crippen molar-refractivity contribution in [3.63, 3.8) is 0 Å². The molecule has 56 heavy (non-hydrogen) atoms. The number of rotatable bonds is 6. The Balaban J connectivity index is 1.08. The molecule has 0 amide bonds. The highest BCUT2D eigenvalue weighted by atomic mass is 32.1. The third-order valence-electron chi connectivity index (χ3n) is 11.4. The summed E-state index contributed by atoms with van der Waals surface area (Å²) in [5, 5.41) is 2.61. The Hall–Kier alpha value is -6.94. The summed E-state index contributed by atoms with van der Waals surface area (Å²) in [5.74, 6) is 0.709. The van der Waals surface area contributed by atoms with E-state index in [0.717, 1.165) is 28.1 Å². The topological polar surface area (TPSA) is 25.8 Å². The molecule has 11 rings (SSSR count). The number of benzene rings is 8. The molecule has 1 aliphatic rings. The van der Waals surface area contributed by atoms with Crippen LogP contribution in [0.2, 0.25) is 0 Å². The van der Waals surface area contributed by atoms with Gasteiger partial charge in [0.1, 0.15) is 0 Å². The second kappa shape index (κ2) is 13.1. The van der Waals surface area contributed by atoms with E-state index in [9.17, 15) is 0 Å². The molecule has 10 aromatic rings. The standard InChI is InChI=1S/C53H34N2S/c1-3-13-35(14-4-1)36-23-25-37(26-24-36)48-34-49(55-52(54-48)39-15-5-2-6-16-39)38-27-29-40(30-28-38)53(46-20-10-7-17-42(46)43-18-8-11-21-47(43)53)41-31-32-51-45(33-41)44-19-9-12-22-50(44)56-51/h1-34H. The first-order valence-corrected chi connectivity index (χ1v) is 19.9. The maximum absolute atomic E-state index is 5.19. The van der Waals surface area contributed by atoms with Gasteiger partial charge < -0.3 is 0 Å². The lowest BCUT2D eigenvalue weighted by Crippen LogP contribution is -2.28. The van der Waals surface area contributed by atoms with Crippen molar-refractivity contribution in [2.75, 3.05) is 0 Å². The second-order valence-electron chi connectivity index (χ2n) is 14.5. The second-order valence-corrected chi connectivity index (χ2v) is 15.6. The highest BCUT2D eigenvalue weighted by Gasteiger charge is 2.46. The molecule has 1 aliphatic carbocycles. The summed E-state index contributed by atoms with van der Waals surface area (Å²) in [5.41, 5.74) is 14.4. The van der Waals surface area contributed by atoms with E-state index in [1.165, 1.54) is 64.7 Å². The van der Waals surface area contributed by atoms with E-state index in [2.05, 4.69) is 188 Å². The summed E-state index contributed by atoms with van der Waals surface area (Å²) in [4.78, 5) is 10.3. The molecule has 2 heterocycles. The molecule has 262 valence electrons. The van der Waals surface area contributed by atoms with Crippen LogP contribution >= 0.6 is 11.3 Å². The van der Waals surface area contributed by atoms with Crippen molar-refractivity contribution >= 4 is 31.5 Å². The zero-order valence-corrected chi connectivity index (χ0v) is 31.2. The molecule has 0 aliphatic heterocycles. The van der Waals surface area contributed by atoms with Crippen molar-refractivity contribution in [1.29, 1.82) is 0 Å². The molecule has 8 aromatic carbocycles. The van der Waals surface area contributed by atoms with Crippen LogP contribution in [0.1, 0.15) is 22.3 Å². The first-order chi connectivity index (χ1) is 27.7. The van der Waals surface area contributed by atoms with Crippen molar-refractivity contribution in [3.8, 4) is 56.2 Å². The van der Waals surface area contributed by atoms with Crippen LogP contribution in [0.15, 0.2) is 206 Å². The van der Waals surface area contributed by atoms with Gasteiger partial charge >= 0.3 is 0 Å². The Bertz CT molecular complexity index is 3010. The van der Waals surface area contributed by atoms with Crippen molar-refractivity contribution in [3.05, 3.63) is 229 Å². The summed E-state index contributed by atoms with van der Waals surface area (Å²) >= 11 is 1.86. The minimum atomic E-state index is -0.504. The Kier molecular flexibility index (Phi) is 7.61. The quantitative estimate of drug-likeness (QED) is 0.170. The van der Waals surface area contributed by atoms with E-state index in [1.807, 2.05) is 29.5 Å². The average molecular weight is 731 g/mol. The fourth-order valence-electron chi connectivity index (χ4n) is 8.80. The maximum atomic E-state index is 5.19. The van der Waals surface area contributed by atoms with Crippen LogP contribution in [0.25, 0.3) is 76.3 Å². The third-order valence-corrected chi connectivity index (χ3v) is 12.6. The van der Waals surface area contributed by atoms with Gasteiger partial charge in [0.25, 0.3) is 0 Å². The van der Waals surface area contributed by atoms with Gasteiger partial charge in [-0.25, -0.2) is 9.97 Å². The molecule has 3 heteroatoms. The zero-order valence-electron chi connectivity index (χ0n) is 30.4. The molecule has 2 aromatic heterocycles. The van der Waals surface area contributed by atoms with E-state index < -0.39 is 5.41 Å². The zero-order chi connectivity index (χ0) is 37.1. The van der Waals surface area contributed by atoms with Gasteiger partial charge in [-0.3, -0.25) is 0 Å². The number of fused-ring (bicyclic) bond motifs is 6. The van der Waals surface area contributed by atoms with Gasteiger partial charge in [0.2, 0.25) is 0 Å². The van der Waals surface area contributed by atoms with Gasteiger partial charge in [0, 0.05) is 36.9 Å². The Morgan fingerprint density at radius 1 is 0.339 bits per heavy atom. The van der Waals surface area contributed by atoms with E-state index in [4.69, 9.17) is 9.97 Å². The van der Waals surface area contributed by atoms with E-state index in [-0.39, 0.29) is 0 Å². The summed E-state index contributed by atoms with van der Waals surface area (Å²) in [6.45, 7) is 0. The van der Waals surface area contributed by atoms with Crippen LogP contribution in [0.4, 0.5) is 0 Å². The summed E-state index contributed by atoms with van der Waals surface area (Å²) in [6, 6.07) is 74.5. The van der Waals surface area contributed by atoms with Crippen molar-refractivity contribution in [2.45, 2.75) is 5.41 Å². The van der Waals surface area contributed by atoms with Crippen LogP contribution in [0.3, 0.4) is 0 Å². The van der Waals surface area contributed by atoms with Crippen LogP contribution in [-0.2, 0) is 5.41 Å².